The summed E-state index contributed by atoms with van der Waals surface area (Å²) in [6.07, 6.45) is 8.48. The van der Waals surface area contributed by atoms with Gasteiger partial charge in [0.05, 0.1) is 11.9 Å². The molecule has 4 rings (SSSR count). The molecule has 30 heavy (non-hydrogen) atoms. The highest BCUT2D eigenvalue weighted by Gasteiger charge is 2.14. The molecule has 0 fully saturated rings. The number of carbonyl (C=O) groups is 1. The Bertz CT molecular complexity index is 1250. The van der Waals surface area contributed by atoms with Crippen molar-refractivity contribution in [2.75, 3.05) is 10.6 Å². The first kappa shape index (κ1) is 19.3. The van der Waals surface area contributed by atoms with Crippen LogP contribution < -0.4 is 10.6 Å². The second-order valence-electron chi connectivity index (χ2n) is 6.85. The van der Waals surface area contributed by atoms with Gasteiger partial charge in [-0.3, -0.25) is 14.0 Å². The van der Waals surface area contributed by atoms with Gasteiger partial charge in [0.2, 0.25) is 11.9 Å². The smallest absolute Gasteiger partial charge is 0.247 e. The van der Waals surface area contributed by atoms with Crippen LogP contribution in [0.3, 0.4) is 0 Å². The van der Waals surface area contributed by atoms with Crippen molar-refractivity contribution in [2.45, 2.75) is 27.3 Å². The van der Waals surface area contributed by atoms with Gasteiger partial charge in [-0.1, -0.05) is 6.58 Å². The highest BCUT2D eigenvalue weighted by atomic mass is 16.1. The molecule has 0 spiro atoms. The number of nitrogens with one attached hydrogen (secondary N) is 2. The number of amides is 1. The predicted molar refractivity (Wildman–Crippen MR) is 116 cm³/mol. The van der Waals surface area contributed by atoms with Gasteiger partial charge in [0.25, 0.3) is 0 Å². The lowest BCUT2D eigenvalue weighted by Crippen LogP contribution is -2.08. The molecule has 0 radical (unpaired) electrons. The van der Waals surface area contributed by atoms with Crippen LogP contribution in [-0.2, 0) is 11.3 Å². The molecular weight excluding hydrogens is 380 g/mol. The van der Waals surface area contributed by atoms with Crippen molar-refractivity contribution in [2.24, 2.45) is 0 Å². The van der Waals surface area contributed by atoms with E-state index in [1.165, 1.54) is 6.08 Å². The van der Waals surface area contributed by atoms with Gasteiger partial charge in [0.15, 0.2) is 5.82 Å². The quantitative estimate of drug-likeness (QED) is 0.479. The number of hydrogen-bond donors (Lipinski definition) is 2. The van der Waals surface area contributed by atoms with Crippen molar-refractivity contribution in [3.63, 3.8) is 0 Å². The summed E-state index contributed by atoms with van der Waals surface area (Å²) in [7, 11) is 0. The Kier molecular flexibility index (Phi) is 5.01. The molecule has 0 aliphatic heterocycles. The van der Waals surface area contributed by atoms with Crippen molar-refractivity contribution in [1.29, 1.82) is 0 Å². The minimum Gasteiger partial charge on any atom is -0.321 e. The summed E-state index contributed by atoms with van der Waals surface area (Å²) in [5.41, 5.74) is 3.28. The number of fused-ring (bicyclic) bond motifs is 1. The molecule has 0 unspecified atom stereocenters. The third kappa shape index (κ3) is 3.64. The molecule has 0 saturated heterocycles. The van der Waals surface area contributed by atoms with Gasteiger partial charge in [0.1, 0.15) is 11.5 Å². The maximum absolute atomic E-state index is 11.6. The molecular formula is C21H22N8O. The van der Waals surface area contributed by atoms with Gasteiger partial charge < -0.3 is 10.6 Å². The van der Waals surface area contributed by atoms with E-state index >= 15 is 0 Å². The highest BCUT2D eigenvalue weighted by molar-refractivity contribution is 6.00. The first-order valence-electron chi connectivity index (χ1n) is 9.54. The molecule has 4 aromatic heterocycles. The number of carbonyl (C=O) groups excluding carboxylic acids is 1. The molecule has 2 N–H and O–H groups in total. The summed E-state index contributed by atoms with van der Waals surface area (Å²) in [6, 6.07) is 3.77. The van der Waals surface area contributed by atoms with Gasteiger partial charge in [0, 0.05) is 42.2 Å². The zero-order valence-electron chi connectivity index (χ0n) is 17.0. The molecule has 9 nitrogen and oxygen atoms in total. The molecule has 0 bridgehead atoms. The second-order valence-corrected chi connectivity index (χ2v) is 6.85. The van der Waals surface area contributed by atoms with Gasteiger partial charge in [-0.05, 0) is 38.5 Å². The summed E-state index contributed by atoms with van der Waals surface area (Å²) in [5.74, 6) is 1.57. The Balaban J connectivity index is 1.72. The Hall–Kier alpha value is -4.01. The van der Waals surface area contributed by atoms with E-state index in [9.17, 15) is 4.79 Å². The Morgan fingerprint density at radius 3 is 2.80 bits per heavy atom. The van der Waals surface area contributed by atoms with Crippen molar-refractivity contribution in [1.82, 2.24) is 29.3 Å². The lowest BCUT2D eigenvalue weighted by Gasteiger charge is -2.10. The number of aromatic nitrogens is 6. The fourth-order valence-electron chi connectivity index (χ4n) is 3.14. The molecule has 0 aliphatic rings. The lowest BCUT2D eigenvalue weighted by atomic mass is 10.2. The van der Waals surface area contributed by atoms with Gasteiger partial charge >= 0.3 is 0 Å². The van der Waals surface area contributed by atoms with Crippen LogP contribution in [0.15, 0.2) is 49.6 Å². The zero-order chi connectivity index (χ0) is 21.3. The monoisotopic (exact) mass is 402 g/mol. The average Bonchev–Trinajstić information content (AvgIpc) is 3.33. The van der Waals surface area contributed by atoms with E-state index in [0.29, 0.717) is 17.5 Å². The summed E-state index contributed by atoms with van der Waals surface area (Å²) in [4.78, 5) is 25.2. The number of nitrogens with zero attached hydrogens (tertiary/aromatic N) is 6. The third-order valence-corrected chi connectivity index (χ3v) is 4.67. The minimum absolute atomic E-state index is 0.277. The zero-order valence-corrected chi connectivity index (χ0v) is 17.0. The number of aryl methyl sites for hydroxylation is 3. The number of rotatable bonds is 6. The van der Waals surface area contributed by atoms with Crippen LogP contribution in [0.5, 0.6) is 0 Å². The summed E-state index contributed by atoms with van der Waals surface area (Å²) in [6.45, 7) is 10.2. The first-order chi connectivity index (χ1) is 14.5. The molecule has 0 atom stereocenters. The van der Waals surface area contributed by atoms with Crippen LogP contribution in [0.2, 0.25) is 0 Å². The fraction of sp³-hybridized carbons (Fsp3) is 0.190. The molecule has 0 saturated carbocycles. The van der Waals surface area contributed by atoms with E-state index in [2.05, 4.69) is 37.3 Å². The second kappa shape index (κ2) is 7.78. The third-order valence-electron chi connectivity index (χ3n) is 4.67. The normalized spacial score (nSPS) is 10.9. The topological polar surface area (TPSA) is 103 Å². The molecule has 0 aromatic carbocycles. The SMILES string of the molecule is C=CC(=O)Nc1cnc2c(c1)c(C)cn2-c1nc(Nc2ccn(CC)n2)ncc1C. The number of pyridine rings is 1. The molecule has 4 heterocycles. The lowest BCUT2D eigenvalue weighted by molar-refractivity contribution is -0.111. The predicted octanol–water partition coefficient (Wildman–Crippen LogP) is 3.52. The van der Waals surface area contributed by atoms with Crippen LogP contribution in [0.4, 0.5) is 17.5 Å². The first-order valence-corrected chi connectivity index (χ1v) is 9.54. The van der Waals surface area contributed by atoms with Crippen LogP contribution in [0.1, 0.15) is 18.1 Å². The Morgan fingerprint density at radius 2 is 2.07 bits per heavy atom. The van der Waals surface area contributed by atoms with Gasteiger partial charge in [-0.15, -0.1) is 0 Å². The van der Waals surface area contributed by atoms with Crippen molar-refractivity contribution in [3.05, 3.63) is 60.7 Å². The minimum atomic E-state index is -0.277. The summed E-state index contributed by atoms with van der Waals surface area (Å²) in [5, 5.41) is 11.2. The Morgan fingerprint density at radius 1 is 1.23 bits per heavy atom. The van der Waals surface area contributed by atoms with Crippen LogP contribution >= 0.6 is 0 Å². The molecule has 4 aromatic rings. The largest absolute Gasteiger partial charge is 0.321 e. The van der Waals surface area contributed by atoms with Crippen LogP contribution in [0.25, 0.3) is 16.9 Å². The van der Waals surface area contributed by atoms with Gasteiger partial charge in [-0.25, -0.2) is 9.97 Å². The standard InChI is InChI=1S/C21H22N8O/c1-5-18(30)24-15-9-16-14(4)12-29(20(16)22-11-15)19-13(3)10-23-21(26-19)25-17-7-8-28(6-2)27-17/h5,7-12H,1,6H2,2-4H3,(H,24,30)(H,23,25,26,27). The maximum atomic E-state index is 11.6. The van der Waals surface area contributed by atoms with E-state index in [1.54, 1.807) is 12.4 Å². The molecule has 0 aliphatic carbocycles. The van der Waals surface area contributed by atoms with E-state index in [0.717, 1.165) is 34.5 Å². The van der Waals surface area contributed by atoms with Gasteiger partial charge in [-0.2, -0.15) is 10.1 Å². The van der Waals surface area contributed by atoms with Crippen LogP contribution in [-0.4, -0.2) is 35.2 Å². The highest BCUT2D eigenvalue weighted by Crippen LogP contribution is 2.26. The average molecular weight is 402 g/mol. The van der Waals surface area contributed by atoms with Crippen molar-refractivity contribution >= 4 is 34.4 Å². The van der Waals surface area contributed by atoms with E-state index in [-0.39, 0.29) is 5.91 Å². The Labute approximate surface area is 173 Å². The number of hydrogen-bond acceptors (Lipinski definition) is 6. The number of anilines is 3. The van der Waals surface area contributed by atoms with Crippen molar-refractivity contribution in [3.8, 4) is 5.82 Å². The van der Waals surface area contributed by atoms with Crippen molar-refractivity contribution < 1.29 is 4.79 Å². The molecule has 1 amide bonds. The molecule has 152 valence electrons. The molecule has 9 heteroatoms. The summed E-state index contributed by atoms with van der Waals surface area (Å²) < 4.78 is 3.75. The van der Waals surface area contributed by atoms with Crippen LogP contribution in [0, 0.1) is 13.8 Å². The fourth-order valence-corrected chi connectivity index (χ4v) is 3.14. The van der Waals surface area contributed by atoms with E-state index < -0.39 is 0 Å². The maximum Gasteiger partial charge on any atom is 0.247 e. The van der Waals surface area contributed by atoms with E-state index in [4.69, 9.17) is 0 Å². The summed E-state index contributed by atoms with van der Waals surface area (Å²) >= 11 is 0. The van der Waals surface area contributed by atoms with E-state index in [1.807, 2.05) is 54.5 Å².